The third-order valence-corrected chi connectivity index (χ3v) is 3.47. The highest BCUT2D eigenvalue weighted by Gasteiger charge is 2.19. The Labute approximate surface area is 113 Å². The highest BCUT2D eigenvalue weighted by molar-refractivity contribution is 5.59. The normalized spacial score (nSPS) is 20.6. The molecule has 5 nitrogen and oxygen atoms in total. The zero-order valence-electron chi connectivity index (χ0n) is 11.2. The minimum atomic E-state index is 0.519. The van der Waals surface area contributed by atoms with Crippen LogP contribution in [0.2, 0.25) is 0 Å². The Morgan fingerprint density at radius 3 is 2.89 bits per heavy atom. The molecule has 1 heterocycles. The lowest BCUT2D eigenvalue weighted by Crippen LogP contribution is -2.40. The summed E-state index contributed by atoms with van der Waals surface area (Å²) in [6, 6.07) is 8.02. The van der Waals surface area contributed by atoms with Gasteiger partial charge in [0.15, 0.2) is 0 Å². The fourth-order valence-corrected chi connectivity index (χ4v) is 2.28. The van der Waals surface area contributed by atoms with E-state index in [2.05, 4.69) is 16.9 Å². The minimum absolute atomic E-state index is 0.519. The molecule has 1 saturated heterocycles. The van der Waals surface area contributed by atoms with E-state index in [0.717, 1.165) is 24.6 Å². The number of likely N-dealkylation sites (N-methyl/N-ethyl adjacent to an activating group) is 1. The molecule has 2 rings (SSSR count). The first kappa shape index (κ1) is 13.8. The second-order valence-corrected chi connectivity index (χ2v) is 4.82. The number of aliphatic imine (C=N–C) groups is 1. The maximum absolute atomic E-state index is 8.41. The van der Waals surface area contributed by atoms with Crippen LogP contribution in [0.5, 0.6) is 5.75 Å². The van der Waals surface area contributed by atoms with Crippen molar-refractivity contribution >= 4 is 12.0 Å². The molecule has 1 aromatic rings. The first-order chi connectivity index (χ1) is 9.29. The summed E-state index contributed by atoms with van der Waals surface area (Å²) in [6.07, 6.45) is 5.02. The molecule has 104 valence electrons. The first-order valence-electron chi connectivity index (χ1n) is 6.65. The molecule has 1 fully saturated rings. The van der Waals surface area contributed by atoms with Crippen LogP contribution in [0.25, 0.3) is 0 Å². The van der Waals surface area contributed by atoms with Crippen LogP contribution in [-0.2, 0) is 0 Å². The molecule has 2 N–H and O–H groups in total. The van der Waals surface area contributed by atoms with Crippen molar-refractivity contribution in [3.63, 3.8) is 0 Å². The molecular weight excluding hydrogens is 242 g/mol. The summed E-state index contributed by atoms with van der Waals surface area (Å²) >= 11 is 0. The number of rotatable bonds is 5. The third kappa shape index (κ3) is 4.22. The lowest BCUT2D eigenvalue weighted by molar-refractivity contribution is 0.125. The van der Waals surface area contributed by atoms with Gasteiger partial charge < -0.3 is 9.64 Å². The number of piperidine rings is 1. The van der Waals surface area contributed by atoms with Gasteiger partial charge in [-0.25, -0.2) is 4.99 Å². The Bertz CT molecular complexity index is 406. The average molecular weight is 263 g/mol. The zero-order valence-corrected chi connectivity index (χ0v) is 11.2. The highest BCUT2D eigenvalue weighted by Crippen LogP contribution is 2.20. The van der Waals surface area contributed by atoms with Gasteiger partial charge in [-0.3, -0.25) is 10.7 Å². The Hall–Kier alpha value is -1.59. The molecule has 0 spiro atoms. The summed E-state index contributed by atoms with van der Waals surface area (Å²) in [6.45, 7) is 1.90. The van der Waals surface area contributed by atoms with E-state index in [0.29, 0.717) is 6.04 Å². The van der Waals surface area contributed by atoms with Crippen LogP contribution in [0, 0.1) is 0 Å². The number of hydroxylamine groups is 1. The van der Waals surface area contributed by atoms with Gasteiger partial charge in [-0.1, -0.05) is 6.42 Å². The van der Waals surface area contributed by atoms with Crippen LogP contribution in [-0.4, -0.2) is 42.7 Å². The Balaban J connectivity index is 1.84. The van der Waals surface area contributed by atoms with Crippen LogP contribution < -0.4 is 10.2 Å². The van der Waals surface area contributed by atoms with Gasteiger partial charge in [0.05, 0.1) is 5.69 Å². The Morgan fingerprint density at radius 1 is 1.42 bits per heavy atom. The Morgan fingerprint density at radius 2 is 2.21 bits per heavy atom. The molecule has 1 aliphatic heterocycles. The van der Waals surface area contributed by atoms with E-state index >= 15 is 0 Å². The van der Waals surface area contributed by atoms with E-state index in [4.69, 9.17) is 9.94 Å². The third-order valence-electron chi connectivity index (χ3n) is 3.47. The van der Waals surface area contributed by atoms with Crippen LogP contribution in [0.3, 0.4) is 0 Å². The molecule has 1 atom stereocenters. The van der Waals surface area contributed by atoms with Crippen LogP contribution in [0.1, 0.15) is 19.3 Å². The van der Waals surface area contributed by atoms with Crippen molar-refractivity contribution in [1.29, 1.82) is 0 Å². The van der Waals surface area contributed by atoms with Gasteiger partial charge in [0.2, 0.25) is 0 Å². The van der Waals surface area contributed by atoms with Crippen molar-refractivity contribution in [1.82, 2.24) is 10.4 Å². The van der Waals surface area contributed by atoms with Crippen LogP contribution in [0.15, 0.2) is 29.3 Å². The summed E-state index contributed by atoms with van der Waals surface area (Å²) in [5.41, 5.74) is 2.64. The van der Waals surface area contributed by atoms with Crippen LogP contribution in [0.4, 0.5) is 5.69 Å². The van der Waals surface area contributed by atoms with E-state index in [9.17, 15) is 0 Å². The number of nitrogens with one attached hydrogen (secondary N) is 1. The standard InChI is InChI=1S/C14H21N3O2/c1-17-9-3-2-4-13(17)10-19-14-7-5-12(6-8-14)15-11-16-18/h5-8,11,13,18H,2-4,9-10H2,1H3,(H,15,16). The summed E-state index contributed by atoms with van der Waals surface area (Å²) < 4.78 is 5.82. The fraction of sp³-hybridized carbons (Fsp3) is 0.500. The number of hydrogen-bond acceptors (Lipinski definition) is 4. The molecule has 1 unspecified atom stereocenters. The second-order valence-electron chi connectivity index (χ2n) is 4.82. The molecule has 0 aromatic heterocycles. The minimum Gasteiger partial charge on any atom is -0.492 e. The van der Waals surface area contributed by atoms with Gasteiger partial charge in [0.1, 0.15) is 18.7 Å². The molecule has 1 aliphatic rings. The van der Waals surface area contributed by atoms with Crippen molar-refractivity contribution in [3.05, 3.63) is 24.3 Å². The highest BCUT2D eigenvalue weighted by atomic mass is 16.5. The van der Waals surface area contributed by atoms with Gasteiger partial charge in [0.25, 0.3) is 0 Å². The van der Waals surface area contributed by atoms with Gasteiger partial charge in [-0.15, -0.1) is 0 Å². The van der Waals surface area contributed by atoms with E-state index in [1.165, 1.54) is 25.6 Å². The predicted octanol–water partition coefficient (Wildman–Crippen LogP) is 2.19. The van der Waals surface area contributed by atoms with E-state index < -0.39 is 0 Å². The summed E-state index contributed by atoms with van der Waals surface area (Å²) in [4.78, 5) is 6.35. The van der Waals surface area contributed by atoms with Crippen molar-refractivity contribution < 1.29 is 9.94 Å². The number of benzene rings is 1. The molecule has 0 aliphatic carbocycles. The molecular formula is C14H21N3O2. The van der Waals surface area contributed by atoms with Gasteiger partial charge in [0, 0.05) is 6.04 Å². The fourth-order valence-electron chi connectivity index (χ4n) is 2.28. The smallest absolute Gasteiger partial charge is 0.119 e. The van der Waals surface area contributed by atoms with Crippen molar-refractivity contribution in [2.45, 2.75) is 25.3 Å². The quantitative estimate of drug-likeness (QED) is 0.486. The monoisotopic (exact) mass is 263 g/mol. The largest absolute Gasteiger partial charge is 0.492 e. The number of ether oxygens (including phenoxy) is 1. The van der Waals surface area contributed by atoms with Crippen molar-refractivity contribution in [2.75, 3.05) is 20.2 Å². The lowest BCUT2D eigenvalue weighted by Gasteiger charge is -2.32. The lowest BCUT2D eigenvalue weighted by atomic mass is 10.0. The van der Waals surface area contributed by atoms with E-state index in [1.54, 1.807) is 0 Å². The average Bonchev–Trinajstić information content (AvgIpc) is 2.45. The Kier molecular flexibility index (Phi) is 5.18. The molecule has 0 radical (unpaired) electrons. The van der Waals surface area contributed by atoms with E-state index in [-0.39, 0.29) is 0 Å². The topological polar surface area (TPSA) is 57.1 Å². The number of hydrogen-bond donors (Lipinski definition) is 2. The first-order valence-corrected chi connectivity index (χ1v) is 6.65. The van der Waals surface area contributed by atoms with Crippen LogP contribution >= 0.6 is 0 Å². The van der Waals surface area contributed by atoms with Gasteiger partial charge >= 0.3 is 0 Å². The maximum Gasteiger partial charge on any atom is 0.119 e. The summed E-state index contributed by atoms with van der Waals surface area (Å²) in [5, 5.41) is 8.41. The maximum atomic E-state index is 8.41. The molecule has 0 bridgehead atoms. The van der Waals surface area contributed by atoms with Crippen molar-refractivity contribution in [2.24, 2.45) is 4.99 Å². The molecule has 5 heteroatoms. The second kappa shape index (κ2) is 7.11. The molecule has 1 aromatic carbocycles. The number of nitrogens with zero attached hydrogens (tertiary/aromatic N) is 2. The number of likely N-dealkylation sites (tertiary alicyclic amines) is 1. The zero-order chi connectivity index (χ0) is 13.5. The molecule has 0 amide bonds. The summed E-state index contributed by atoms with van der Waals surface area (Å²) in [5.74, 6) is 0.856. The van der Waals surface area contributed by atoms with E-state index in [1.807, 2.05) is 29.7 Å². The molecule has 19 heavy (non-hydrogen) atoms. The summed E-state index contributed by atoms with van der Waals surface area (Å²) in [7, 11) is 2.16. The predicted molar refractivity (Wildman–Crippen MR) is 75.3 cm³/mol. The molecule has 0 saturated carbocycles. The van der Waals surface area contributed by atoms with Gasteiger partial charge in [-0.05, 0) is 50.7 Å². The SMILES string of the molecule is CN1CCCCC1COc1ccc(N=CNO)cc1. The van der Waals surface area contributed by atoms with Gasteiger partial charge in [-0.2, -0.15) is 0 Å². The van der Waals surface area contributed by atoms with Crippen molar-refractivity contribution in [3.8, 4) is 5.75 Å².